The Kier molecular flexibility index (Phi) is 2.97. The van der Waals surface area contributed by atoms with E-state index in [2.05, 4.69) is 25.9 Å². The molecule has 0 unspecified atom stereocenters. The molecule has 0 radical (unpaired) electrons. The summed E-state index contributed by atoms with van der Waals surface area (Å²) in [7, 11) is 0. The van der Waals surface area contributed by atoms with Crippen molar-refractivity contribution in [3.05, 3.63) is 6.33 Å². The molecule has 1 fully saturated rings. The van der Waals surface area contributed by atoms with Gasteiger partial charge in [-0.1, -0.05) is 0 Å². The lowest BCUT2D eigenvalue weighted by molar-refractivity contribution is -0.114. The van der Waals surface area contributed by atoms with E-state index in [0.717, 1.165) is 19.4 Å². The van der Waals surface area contributed by atoms with Gasteiger partial charge >= 0.3 is 0 Å². The van der Waals surface area contributed by atoms with Crippen molar-refractivity contribution in [2.75, 3.05) is 35.6 Å². The number of ether oxygens (including phenoxy) is 1. The van der Waals surface area contributed by atoms with Crippen molar-refractivity contribution in [2.24, 2.45) is 0 Å². The molecular weight excluding hydrogens is 234 g/mol. The van der Waals surface area contributed by atoms with Crippen LogP contribution in [0.5, 0.6) is 0 Å². The van der Waals surface area contributed by atoms with Crippen LogP contribution in [-0.2, 0) is 9.53 Å². The number of amides is 1. The van der Waals surface area contributed by atoms with Gasteiger partial charge in [0.15, 0.2) is 11.6 Å². The Balaban J connectivity index is 1.73. The van der Waals surface area contributed by atoms with Gasteiger partial charge in [-0.3, -0.25) is 4.79 Å². The van der Waals surface area contributed by atoms with E-state index in [-0.39, 0.29) is 18.6 Å². The highest BCUT2D eigenvalue weighted by molar-refractivity contribution is 6.02. The largest absolute Gasteiger partial charge is 0.376 e. The summed E-state index contributed by atoms with van der Waals surface area (Å²) in [5, 5.41) is 8.92. The third kappa shape index (κ3) is 2.21. The van der Waals surface area contributed by atoms with Crippen LogP contribution in [0.1, 0.15) is 12.8 Å². The molecule has 0 aromatic carbocycles. The maximum Gasteiger partial charge on any atom is 0.243 e. The predicted octanol–water partition coefficient (Wildman–Crippen LogP) is 0.431. The number of anilines is 3. The second-order valence-electron chi connectivity index (χ2n) is 4.36. The summed E-state index contributed by atoms with van der Waals surface area (Å²) in [6, 6.07) is 0. The zero-order chi connectivity index (χ0) is 12.4. The van der Waals surface area contributed by atoms with E-state index in [4.69, 9.17) is 4.74 Å². The minimum absolute atomic E-state index is 0.0857. The van der Waals surface area contributed by atoms with Crippen LogP contribution in [0.4, 0.5) is 17.3 Å². The topological polar surface area (TPSA) is 88.2 Å². The number of nitrogens with zero attached hydrogens (tertiary/aromatic N) is 2. The van der Waals surface area contributed by atoms with Gasteiger partial charge in [-0.2, -0.15) is 0 Å². The summed E-state index contributed by atoms with van der Waals surface area (Å²) >= 11 is 0. The highest BCUT2D eigenvalue weighted by Gasteiger charge is 2.21. The highest BCUT2D eigenvalue weighted by atomic mass is 16.5. The lowest BCUT2D eigenvalue weighted by Gasteiger charge is -2.20. The van der Waals surface area contributed by atoms with Crippen LogP contribution in [0.15, 0.2) is 6.33 Å². The number of nitrogens with one attached hydrogen (secondary N) is 3. The van der Waals surface area contributed by atoms with Crippen LogP contribution in [0.25, 0.3) is 0 Å². The second kappa shape index (κ2) is 4.77. The van der Waals surface area contributed by atoms with Crippen LogP contribution in [-0.4, -0.2) is 41.7 Å². The molecule has 1 saturated heterocycles. The van der Waals surface area contributed by atoms with Gasteiger partial charge in [-0.05, 0) is 12.8 Å². The minimum atomic E-state index is -0.0857. The summed E-state index contributed by atoms with van der Waals surface area (Å²) in [4.78, 5) is 19.6. The molecule has 0 bridgehead atoms. The Labute approximate surface area is 104 Å². The fourth-order valence-electron chi connectivity index (χ4n) is 2.14. The van der Waals surface area contributed by atoms with Crippen molar-refractivity contribution in [3.8, 4) is 0 Å². The molecule has 18 heavy (non-hydrogen) atoms. The smallest absolute Gasteiger partial charge is 0.243 e. The molecule has 1 aromatic rings. The molecule has 7 heteroatoms. The average Bonchev–Trinajstić information content (AvgIpc) is 2.89. The number of hydrogen-bond donors (Lipinski definition) is 3. The fourth-order valence-corrected chi connectivity index (χ4v) is 2.14. The number of carbonyl (C=O) groups is 1. The van der Waals surface area contributed by atoms with E-state index in [0.29, 0.717) is 23.9 Å². The van der Waals surface area contributed by atoms with Crippen molar-refractivity contribution < 1.29 is 9.53 Å². The monoisotopic (exact) mass is 249 g/mol. The number of carbonyl (C=O) groups excluding carboxylic acids is 1. The molecular formula is C11H15N5O2. The third-order valence-corrected chi connectivity index (χ3v) is 3.05. The molecule has 1 aromatic heterocycles. The van der Waals surface area contributed by atoms with Crippen molar-refractivity contribution in [1.82, 2.24) is 9.97 Å². The standard InChI is InChI=1S/C11H15N5O2/c17-8-5-13-11-9(16-8)10(14-6-15-11)12-4-7-2-1-3-18-7/h6-7H,1-5H2,(H,16,17)(H2,12,13,14,15)/t7-/m1/s1. The number of aromatic nitrogens is 2. The van der Waals surface area contributed by atoms with Gasteiger partial charge in [0.2, 0.25) is 5.91 Å². The maximum atomic E-state index is 11.4. The zero-order valence-corrected chi connectivity index (χ0v) is 9.90. The Morgan fingerprint density at radius 1 is 1.50 bits per heavy atom. The Hall–Kier alpha value is -1.89. The summed E-state index contributed by atoms with van der Waals surface area (Å²) in [5.41, 5.74) is 0.617. The van der Waals surface area contributed by atoms with E-state index in [1.54, 1.807) is 0 Å². The molecule has 1 atom stereocenters. The van der Waals surface area contributed by atoms with E-state index in [9.17, 15) is 4.79 Å². The van der Waals surface area contributed by atoms with Gasteiger partial charge in [0, 0.05) is 13.2 Å². The van der Waals surface area contributed by atoms with Gasteiger partial charge in [0.1, 0.15) is 12.0 Å². The third-order valence-electron chi connectivity index (χ3n) is 3.05. The van der Waals surface area contributed by atoms with Gasteiger partial charge in [-0.25, -0.2) is 9.97 Å². The molecule has 3 rings (SSSR count). The minimum Gasteiger partial charge on any atom is -0.376 e. The van der Waals surface area contributed by atoms with Gasteiger partial charge in [0.25, 0.3) is 0 Å². The zero-order valence-electron chi connectivity index (χ0n) is 9.90. The quantitative estimate of drug-likeness (QED) is 0.720. The molecule has 0 saturated carbocycles. The van der Waals surface area contributed by atoms with E-state index in [1.807, 2.05) is 0 Å². The first-order valence-corrected chi connectivity index (χ1v) is 6.07. The molecule has 2 aliphatic rings. The van der Waals surface area contributed by atoms with Gasteiger partial charge in [-0.15, -0.1) is 0 Å². The van der Waals surface area contributed by atoms with E-state index >= 15 is 0 Å². The number of hydrogen-bond acceptors (Lipinski definition) is 6. The van der Waals surface area contributed by atoms with E-state index in [1.165, 1.54) is 6.33 Å². The normalized spacial score (nSPS) is 22.0. The number of rotatable bonds is 3. The van der Waals surface area contributed by atoms with E-state index < -0.39 is 0 Å². The number of fused-ring (bicyclic) bond motifs is 1. The SMILES string of the molecule is O=C1CNc2ncnc(NC[C@H]3CCCO3)c2N1. The first kappa shape index (κ1) is 11.2. The Bertz CT molecular complexity index is 459. The molecule has 0 aliphatic carbocycles. The Morgan fingerprint density at radius 3 is 3.28 bits per heavy atom. The maximum absolute atomic E-state index is 11.4. The lowest BCUT2D eigenvalue weighted by atomic mass is 10.2. The average molecular weight is 249 g/mol. The van der Waals surface area contributed by atoms with Crippen molar-refractivity contribution in [2.45, 2.75) is 18.9 Å². The highest BCUT2D eigenvalue weighted by Crippen LogP contribution is 2.28. The summed E-state index contributed by atoms with van der Waals surface area (Å²) in [6.07, 6.45) is 3.86. The van der Waals surface area contributed by atoms with Crippen molar-refractivity contribution >= 4 is 23.2 Å². The molecule has 0 spiro atoms. The van der Waals surface area contributed by atoms with Crippen molar-refractivity contribution in [1.29, 1.82) is 0 Å². The second-order valence-corrected chi connectivity index (χ2v) is 4.36. The fraction of sp³-hybridized carbons (Fsp3) is 0.545. The van der Waals surface area contributed by atoms with Crippen molar-refractivity contribution in [3.63, 3.8) is 0 Å². The summed E-state index contributed by atoms with van der Waals surface area (Å²) in [6.45, 7) is 1.76. The molecule has 96 valence electrons. The van der Waals surface area contributed by atoms with Crippen LogP contribution < -0.4 is 16.0 Å². The van der Waals surface area contributed by atoms with Gasteiger partial charge < -0.3 is 20.7 Å². The molecule has 1 amide bonds. The molecule has 3 N–H and O–H groups in total. The molecule has 2 aliphatic heterocycles. The first-order chi connectivity index (χ1) is 8.83. The summed E-state index contributed by atoms with van der Waals surface area (Å²) in [5.74, 6) is 1.20. The predicted molar refractivity (Wildman–Crippen MR) is 66.6 cm³/mol. The van der Waals surface area contributed by atoms with Crippen LogP contribution in [0, 0.1) is 0 Å². The lowest BCUT2D eigenvalue weighted by Crippen LogP contribution is -2.29. The molecule has 3 heterocycles. The van der Waals surface area contributed by atoms with Gasteiger partial charge in [0.05, 0.1) is 12.6 Å². The molecule has 7 nitrogen and oxygen atoms in total. The first-order valence-electron chi connectivity index (χ1n) is 6.07. The Morgan fingerprint density at radius 2 is 2.44 bits per heavy atom. The van der Waals surface area contributed by atoms with Crippen LogP contribution in [0.3, 0.4) is 0 Å². The van der Waals surface area contributed by atoms with Crippen LogP contribution in [0.2, 0.25) is 0 Å². The summed E-state index contributed by atoms with van der Waals surface area (Å²) < 4.78 is 5.53. The van der Waals surface area contributed by atoms with Crippen LogP contribution >= 0.6 is 0 Å².